The van der Waals surface area contributed by atoms with Crippen molar-refractivity contribution >= 4 is 30.0 Å². The highest BCUT2D eigenvalue weighted by atomic mass is 16.3. The predicted molar refractivity (Wildman–Crippen MR) is 103 cm³/mol. The largest absolute Gasteiger partial charge is 0.509 e. The number of para-hydroxylation sites is 1. The van der Waals surface area contributed by atoms with E-state index in [4.69, 9.17) is 0 Å². The Bertz CT molecular complexity index is 1120. The van der Waals surface area contributed by atoms with E-state index in [9.17, 15) is 5.11 Å². The van der Waals surface area contributed by atoms with Crippen LogP contribution < -0.4 is 10.8 Å². The normalized spacial score (nSPS) is 15.4. The summed E-state index contributed by atoms with van der Waals surface area (Å²) >= 11 is 0. The molecule has 3 N–H and O–H groups in total. The van der Waals surface area contributed by atoms with Gasteiger partial charge in [-0.25, -0.2) is 4.98 Å². The third-order valence-corrected chi connectivity index (χ3v) is 4.99. The molecule has 0 fully saturated rings. The van der Waals surface area contributed by atoms with Crippen molar-refractivity contribution in [3.63, 3.8) is 0 Å². The first kappa shape index (κ1) is 14.2. The highest BCUT2D eigenvalue weighted by Gasteiger charge is 2.25. The van der Waals surface area contributed by atoms with Gasteiger partial charge in [0, 0.05) is 34.6 Å². The zero-order valence-electron chi connectivity index (χ0n) is 13.7. The Hall–Kier alpha value is -3.21. The van der Waals surface area contributed by atoms with E-state index < -0.39 is 0 Å². The monoisotopic (exact) mass is 325 g/mol. The maximum absolute atomic E-state index is 9.89. The number of nitrogens with one attached hydrogen (secondary N) is 2. The van der Waals surface area contributed by atoms with Crippen molar-refractivity contribution in [3.8, 4) is 16.9 Å². The lowest BCUT2D eigenvalue weighted by Crippen LogP contribution is -2.14. The smallest absolute Gasteiger partial charge is 0.144 e. The predicted octanol–water partition coefficient (Wildman–Crippen LogP) is 2.71. The second kappa shape index (κ2) is 5.15. The summed E-state index contributed by atoms with van der Waals surface area (Å²) in [5.41, 5.74) is 7.50. The van der Waals surface area contributed by atoms with Gasteiger partial charge in [0.1, 0.15) is 19.2 Å². The molecule has 3 heterocycles. The van der Waals surface area contributed by atoms with Crippen molar-refractivity contribution in [2.45, 2.75) is 6.04 Å². The van der Waals surface area contributed by atoms with Crippen molar-refractivity contribution in [2.75, 3.05) is 5.32 Å². The maximum atomic E-state index is 9.89. The molecule has 120 valence electrons. The number of fused-ring (bicyclic) bond motifs is 2. The highest BCUT2D eigenvalue weighted by Crippen LogP contribution is 2.43. The van der Waals surface area contributed by atoms with Crippen molar-refractivity contribution in [2.24, 2.45) is 0 Å². The number of phenols is 1. The number of nitrogens with zero attached hydrogens (tertiary/aromatic N) is 1. The van der Waals surface area contributed by atoms with Crippen molar-refractivity contribution in [1.29, 1.82) is 0 Å². The lowest BCUT2D eigenvalue weighted by atomic mass is 9.89. The number of hydrogen-bond donors (Lipinski definition) is 3. The SMILES string of the molecule is Bc1cc(C2Nc3ccccc3-c3ccnc4[nH]cc2c34)ccc1O. The van der Waals surface area contributed by atoms with Crippen molar-refractivity contribution < 1.29 is 5.11 Å². The number of benzene rings is 2. The van der Waals surface area contributed by atoms with E-state index >= 15 is 0 Å². The number of aromatic hydroxyl groups is 1. The Labute approximate surface area is 146 Å². The summed E-state index contributed by atoms with van der Waals surface area (Å²) in [5.74, 6) is 0.319. The van der Waals surface area contributed by atoms with E-state index in [0.29, 0.717) is 5.75 Å². The molecule has 5 heteroatoms. The molecule has 0 saturated heterocycles. The van der Waals surface area contributed by atoms with E-state index in [1.54, 1.807) is 6.07 Å². The first-order chi connectivity index (χ1) is 12.2. The van der Waals surface area contributed by atoms with Gasteiger partial charge >= 0.3 is 0 Å². The number of pyridine rings is 1. The Morgan fingerprint density at radius 2 is 1.92 bits per heavy atom. The molecule has 0 saturated carbocycles. The molecule has 2 aromatic carbocycles. The number of aromatic nitrogens is 2. The van der Waals surface area contributed by atoms with E-state index in [2.05, 4.69) is 39.6 Å². The third-order valence-electron chi connectivity index (χ3n) is 4.99. The van der Waals surface area contributed by atoms with Crippen LogP contribution in [-0.4, -0.2) is 22.9 Å². The fraction of sp³-hybridized carbons (Fsp3) is 0.0500. The van der Waals surface area contributed by atoms with E-state index in [0.717, 1.165) is 27.7 Å². The van der Waals surface area contributed by atoms with Crippen LogP contribution in [0, 0.1) is 0 Å². The van der Waals surface area contributed by atoms with Crippen LogP contribution in [0.25, 0.3) is 22.2 Å². The van der Waals surface area contributed by atoms with Crippen LogP contribution in [0.1, 0.15) is 17.2 Å². The summed E-state index contributed by atoms with van der Waals surface area (Å²) in [4.78, 5) is 7.80. The number of aromatic amines is 1. The fourth-order valence-electron chi connectivity index (χ4n) is 3.73. The molecular weight excluding hydrogens is 309 g/mol. The van der Waals surface area contributed by atoms with Gasteiger partial charge in [-0.2, -0.15) is 0 Å². The molecule has 0 radical (unpaired) electrons. The summed E-state index contributed by atoms with van der Waals surface area (Å²) in [6, 6.07) is 16.2. The summed E-state index contributed by atoms with van der Waals surface area (Å²) < 4.78 is 0. The average molecular weight is 325 g/mol. The first-order valence-electron chi connectivity index (χ1n) is 8.34. The lowest BCUT2D eigenvalue weighted by molar-refractivity contribution is 0.479. The third kappa shape index (κ3) is 2.05. The number of H-pyrrole nitrogens is 1. The van der Waals surface area contributed by atoms with E-state index in [-0.39, 0.29) is 6.04 Å². The molecule has 1 aliphatic heterocycles. The molecule has 4 nitrogen and oxygen atoms in total. The molecule has 5 rings (SSSR count). The maximum Gasteiger partial charge on any atom is 0.144 e. The van der Waals surface area contributed by atoms with Crippen LogP contribution in [0.3, 0.4) is 0 Å². The van der Waals surface area contributed by atoms with Crippen LogP contribution >= 0.6 is 0 Å². The minimum Gasteiger partial charge on any atom is -0.509 e. The lowest BCUT2D eigenvalue weighted by Gasteiger charge is -2.20. The summed E-state index contributed by atoms with van der Waals surface area (Å²) in [5, 5.41) is 14.7. The molecular formula is C20H16BN3O. The second-order valence-corrected chi connectivity index (χ2v) is 6.49. The van der Waals surface area contributed by atoms with Gasteiger partial charge in [-0.05, 0) is 34.8 Å². The number of hydrogen-bond acceptors (Lipinski definition) is 3. The van der Waals surface area contributed by atoms with Crippen LogP contribution in [-0.2, 0) is 0 Å². The summed E-state index contributed by atoms with van der Waals surface area (Å²) in [6.45, 7) is 0. The molecule has 1 atom stereocenters. The Morgan fingerprint density at radius 1 is 1.04 bits per heavy atom. The molecule has 0 spiro atoms. The van der Waals surface area contributed by atoms with Crippen LogP contribution in [0.15, 0.2) is 60.9 Å². The molecule has 0 aliphatic carbocycles. The van der Waals surface area contributed by atoms with Crippen LogP contribution in [0.2, 0.25) is 0 Å². The van der Waals surface area contributed by atoms with E-state index in [1.807, 2.05) is 38.4 Å². The van der Waals surface area contributed by atoms with Crippen molar-refractivity contribution in [3.05, 3.63) is 72.1 Å². The topological polar surface area (TPSA) is 60.9 Å². The standard InChI is InChI=1S/C20H16BN3O/c21-15-9-11(5-6-17(15)25)19-14-10-23-20-18(14)13(7-8-22-20)12-3-1-2-4-16(12)24-19/h1-10,19,24-25H,21H2,(H,22,23). The molecule has 1 aliphatic rings. The number of phenolic OH excluding ortho intramolecular Hbond substituents is 1. The van der Waals surface area contributed by atoms with Crippen molar-refractivity contribution in [1.82, 2.24) is 9.97 Å². The summed E-state index contributed by atoms with van der Waals surface area (Å²) in [7, 11) is 1.92. The highest BCUT2D eigenvalue weighted by molar-refractivity contribution is 6.34. The fourth-order valence-corrected chi connectivity index (χ4v) is 3.73. The van der Waals surface area contributed by atoms with Gasteiger partial charge in [0.05, 0.1) is 6.04 Å². The zero-order chi connectivity index (χ0) is 17.0. The van der Waals surface area contributed by atoms with Gasteiger partial charge in [0.15, 0.2) is 0 Å². The molecule has 4 aromatic rings. The minimum absolute atomic E-state index is 0.0142. The van der Waals surface area contributed by atoms with Gasteiger partial charge in [-0.3, -0.25) is 0 Å². The van der Waals surface area contributed by atoms with Crippen LogP contribution in [0.4, 0.5) is 5.69 Å². The van der Waals surface area contributed by atoms with Gasteiger partial charge in [0.25, 0.3) is 0 Å². The summed E-state index contributed by atoms with van der Waals surface area (Å²) in [6.07, 6.45) is 3.88. The zero-order valence-corrected chi connectivity index (χ0v) is 13.7. The van der Waals surface area contributed by atoms with Gasteiger partial charge in [0.2, 0.25) is 0 Å². The Kier molecular flexibility index (Phi) is 2.92. The molecule has 0 bridgehead atoms. The average Bonchev–Trinajstić information content (AvgIpc) is 3.00. The number of rotatable bonds is 1. The van der Waals surface area contributed by atoms with Gasteiger partial charge in [-0.1, -0.05) is 30.3 Å². The Morgan fingerprint density at radius 3 is 2.80 bits per heavy atom. The first-order valence-corrected chi connectivity index (χ1v) is 8.34. The molecule has 25 heavy (non-hydrogen) atoms. The van der Waals surface area contributed by atoms with E-state index in [1.165, 1.54) is 16.7 Å². The number of anilines is 1. The molecule has 1 unspecified atom stereocenters. The van der Waals surface area contributed by atoms with Crippen LogP contribution in [0.5, 0.6) is 5.75 Å². The van der Waals surface area contributed by atoms with Gasteiger partial charge < -0.3 is 15.4 Å². The Balaban J connectivity index is 1.83. The minimum atomic E-state index is -0.0142. The van der Waals surface area contributed by atoms with Gasteiger partial charge in [-0.15, -0.1) is 0 Å². The molecule has 2 aromatic heterocycles. The second-order valence-electron chi connectivity index (χ2n) is 6.49. The molecule has 0 amide bonds. The quantitative estimate of drug-likeness (QED) is 0.472.